The van der Waals surface area contributed by atoms with Gasteiger partial charge in [-0.3, -0.25) is 4.79 Å². The highest BCUT2D eigenvalue weighted by atomic mass is 16.5. The van der Waals surface area contributed by atoms with E-state index in [4.69, 9.17) is 9.84 Å². The number of carbonyl (C=O) groups is 1. The fraction of sp³-hybridized carbons (Fsp3) is 0.500. The summed E-state index contributed by atoms with van der Waals surface area (Å²) in [5, 5.41) is 8.87. The van der Waals surface area contributed by atoms with Crippen LogP contribution in [0.25, 0.3) is 0 Å². The lowest BCUT2D eigenvalue weighted by Crippen LogP contribution is -2.12. The fourth-order valence-electron chi connectivity index (χ4n) is 2.13. The van der Waals surface area contributed by atoms with Gasteiger partial charge in [-0.15, -0.1) is 0 Å². The fourth-order valence-corrected chi connectivity index (χ4v) is 2.13. The van der Waals surface area contributed by atoms with Crippen molar-refractivity contribution in [2.24, 2.45) is 0 Å². The maximum Gasteiger partial charge on any atom is 0.304 e. The number of hydrogen-bond donors (Lipinski definition) is 1. The molecule has 0 fully saturated rings. The second-order valence-corrected chi connectivity index (χ2v) is 5.61. The maximum atomic E-state index is 10.8. The lowest BCUT2D eigenvalue weighted by atomic mass is 9.84. The van der Waals surface area contributed by atoms with Gasteiger partial charge in [-0.05, 0) is 17.0 Å². The van der Waals surface area contributed by atoms with E-state index in [0.717, 1.165) is 11.3 Å². The third kappa shape index (κ3) is 2.43. The van der Waals surface area contributed by atoms with Crippen molar-refractivity contribution < 1.29 is 14.6 Å². The van der Waals surface area contributed by atoms with E-state index in [9.17, 15) is 4.79 Å². The quantitative estimate of drug-likeness (QED) is 0.855. The average Bonchev–Trinajstić information content (AvgIpc) is 2.59. The molecule has 0 saturated heterocycles. The molecular weight excluding hydrogens is 216 g/mol. The van der Waals surface area contributed by atoms with Crippen LogP contribution in [0.1, 0.15) is 44.2 Å². The Hall–Kier alpha value is -1.51. The first kappa shape index (κ1) is 12.0. The molecule has 3 heteroatoms. The van der Waals surface area contributed by atoms with Crippen LogP contribution in [0.2, 0.25) is 0 Å². The normalized spacial score (nSPS) is 18.6. The van der Waals surface area contributed by atoms with Crippen LogP contribution >= 0.6 is 0 Å². The van der Waals surface area contributed by atoms with Crippen molar-refractivity contribution >= 4 is 5.97 Å². The van der Waals surface area contributed by atoms with Crippen LogP contribution in [0, 0.1) is 0 Å². The summed E-state index contributed by atoms with van der Waals surface area (Å²) in [4.78, 5) is 10.8. The zero-order chi connectivity index (χ0) is 12.6. The minimum absolute atomic E-state index is 0.00944. The number of benzene rings is 1. The van der Waals surface area contributed by atoms with Gasteiger partial charge in [0.25, 0.3) is 0 Å². The molecule has 1 aliphatic rings. The van der Waals surface area contributed by atoms with Crippen molar-refractivity contribution in [3.8, 4) is 5.75 Å². The number of ether oxygens (including phenoxy) is 1. The van der Waals surface area contributed by atoms with Gasteiger partial charge in [0, 0.05) is 11.5 Å². The largest absolute Gasteiger partial charge is 0.493 e. The molecular formula is C14H18O3. The Bertz CT molecular complexity index is 443. The second kappa shape index (κ2) is 4.06. The molecule has 0 radical (unpaired) electrons. The summed E-state index contributed by atoms with van der Waals surface area (Å²) in [5.74, 6) is 0.0571. The molecule has 0 aromatic heterocycles. The van der Waals surface area contributed by atoms with Crippen molar-refractivity contribution in [2.45, 2.75) is 38.5 Å². The summed E-state index contributed by atoms with van der Waals surface area (Å²) >= 11 is 0. The SMILES string of the molecule is CC(C)(C)c1ccc2c(c1)[C@H](CC(=O)O)CO2. The van der Waals surface area contributed by atoms with Crippen LogP contribution in [0.4, 0.5) is 0 Å². The van der Waals surface area contributed by atoms with E-state index in [2.05, 4.69) is 32.9 Å². The average molecular weight is 234 g/mol. The summed E-state index contributed by atoms with van der Waals surface area (Å²) in [5.41, 5.74) is 2.34. The van der Waals surface area contributed by atoms with Crippen LogP contribution in [0.3, 0.4) is 0 Å². The molecule has 0 amide bonds. The molecule has 1 aliphatic heterocycles. The van der Waals surface area contributed by atoms with Gasteiger partial charge in [0.15, 0.2) is 0 Å². The molecule has 1 N–H and O–H groups in total. The summed E-state index contributed by atoms with van der Waals surface area (Å²) in [7, 11) is 0. The Balaban J connectivity index is 2.34. The van der Waals surface area contributed by atoms with Gasteiger partial charge in [-0.25, -0.2) is 0 Å². The van der Waals surface area contributed by atoms with Crippen molar-refractivity contribution in [3.05, 3.63) is 29.3 Å². The maximum absolute atomic E-state index is 10.8. The lowest BCUT2D eigenvalue weighted by molar-refractivity contribution is -0.137. The molecule has 0 bridgehead atoms. The van der Waals surface area contributed by atoms with Crippen molar-refractivity contribution in [2.75, 3.05) is 6.61 Å². The monoisotopic (exact) mass is 234 g/mol. The Morgan fingerprint density at radius 3 is 2.76 bits per heavy atom. The van der Waals surface area contributed by atoms with Crippen LogP contribution in [-0.2, 0) is 10.2 Å². The molecule has 1 aromatic rings. The predicted molar refractivity (Wildman–Crippen MR) is 65.6 cm³/mol. The van der Waals surface area contributed by atoms with E-state index in [1.165, 1.54) is 5.56 Å². The van der Waals surface area contributed by atoms with E-state index in [-0.39, 0.29) is 17.8 Å². The number of rotatable bonds is 2. The molecule has 0 saturated carbocycles. The minimum Gasteiger partial charge on any atom is -0.493 e. The summed E-state index contributed by atoms with van der Waals surface area (Å²) < 4.78 is 5.52. The highest BCUT2D eigenvalue weighted by molar-refractivity contribution is 5.68. The number of hydrogen-bond acceptors (Lipinski definition) is 2. The third-order valence-electron chi connectivity index (χ3n) is 3.18. The Morgan fingerprint density at radius 2 is 2.18 bits per heavy atom. The molecule has 0 unspecified atom stereocenters. The number of carboxylic acid groups (broad SMARTS) is 1. The minimum atomic E-state index is -0.771. The van der Waals surface area contributed by atoms with E-state index in [1.807, 2.05) is 6.07 Å². The molecule has 17 heavy (non-hydrogen) atoms. The molecule has 1 aromatic carbocycles. The zero-order valence-electron chi connectivity index (χ0n) is 10.5. The molecule has 1 heterocycles. The highest BCUT2D eigenvalue weighted by Crippen LogP contribution is 2.38. The molecule has 0 aliphatic carbocycles. The number of aliphatic carboxylic acids is 1. The van der Waals surface area contributed by atoms with Gasteiger partial charge in [-0.2, -0.15) is 0 Å². The van der Waals surface area contributed by atoms with Crippen LogP contribution < -0.4 is 4.74 Å². The van der Waals surface area contributed by atoms with E-state index >= 15 is 0 Å². The van der Waals surface area contributed by atoms with Gasteiger partial charge >= 0.3 is 5.97 Å². The molecule has 0 spiro atoms. The Labute approximate surface area is 101 Å². The lowest BCUT2D eigenvalue weighted by Gasteiger charge is -2.20. The van der Waals surface area contributed by atoms with Crippen molar-refractivity contribution in [1.82, 2.24) is 0 Å². The van der Waals surface area contributed by atoms with Gasteiger partial charge in [0.1, 0.15) is 5.75 Å². The zero-order valence-corrected chi connectivity index (χ0v) is 10.5. The van der Waals surface area contributed by atoms with E-state index in [1.54, 1.807) is 0 Å². The molecule has 2 rings (SSSR count). The third-order valence-corrected chi connectivity index (χ3v) is 3.18. The van der Waals surface area contributed by atoms with Crippen molar-refractivity contribution in [3.63, 3.8) is 0 Å². The second-order valence-electron chi connectivity index (χ2n) is 5.61. The van der Waals surface area contributed by atoms with E-state index in [0.29, 0.717) is 6.61 Å². The van der Waals surface area contributed by atoms with Crippen molar-refractivity contribution in [1.29, 1.82) is 0 Å². The van der Waals surface area contributed by atoms with Gasteiger partial charge < -0.3 is 9.84 Å². The first-order valence-electron chi connectivity index (χ1n) is 5.87. The predicted octanol–water partition coefficient (Wildman–Crippen LogP) is 2.93. The molecule has 1 atom stereocenters. The van der Waals surface area contributed by atoms with Crippen LogP contribution in [0.15, 0.2) is 18.2 Å². The van der Waals surface area contributed by atoms with Gasteiger partial charge in [0.2, 0.25) is 0 Å². The summed E-state index contributed by atoms with van der Waals surface area (Å²) in [6, 6.07) is 6.11. The Morgan fingerprint density at radius 1 is 1.47 bits per heavy atom. The topological polar surface area (TPSA) is 46.5 Å². The summed E-state index contributed by atoms with van der Waals surface area (Å²) in [6.07, 6.45) is 0.139. The van der Waals surface area contributed by atoms with Crippen LogP contribution in [0.5, 0.6) is 5.75 Å². The Kier molecular flexibility index (Phi) is 2.86. The van der Waals surface area contributed by atoms with Crippen LogP contribution in [-0.4, -0.2) is 17.7 Å². The van der Waals surface area contributed by atoms with Gasteiger partial charge in [0.05, 0.1) is 13.0 Å². The van der Waals surface area contributed by atoms with E-state index < -0.39 is 5.97 Å². The first-order chi connectivity index (χ1) is 7.88. The first-order valence-corrected chi connectivity index (χ1v) is 5.87. The van der Waals surface area contributed by atoms with Gasteiger partial charge in [-0.1, -0.05) is 32.9 Å². The number of fused-ring (bicyclic) bond motifs is 1. The molecule has 92 valence electrons. The standard InChI is InChI=1S/C14H18O3/c1-14(2,3)10-4-5-12-11(7-10)9(8-17-12)6-13(15)16/h4-5,7,9H,6,8H2,1-3H3,(H,15,16)/t9-/m1/s1. The number of carboxylic acids is 1. The molecule has 3 nitrogen and oxygen atoms in total. The highest BCUT2D eigenvalue weighted by Gasteiger charge is 2.28. The summed E-state index contributed by atoms with van der Waals surface area (Å²) in [6.45, 7) is 6.93. The smallest absolute Gasteiger partial charge is 0.304 e.